The maximum atomic E-state index is 12.3. The molecule has 0 aliphatic heterocycles. The van der Waals surface area contributed by atoms with Crippen LogP contribution in [0.2, 0.25) is 0 Å². The standard InChI is InChI=1S/C20H26N2O5S/c1-15-7-5-10-19(16(15)2)27-12-11-21-20(23)14-22(28(4,24)25)17-8-6-9-18(13-17)26-3/h5-10,13H,11-12,14H2,1-4H3,(H,21,23). The fraction of sp³-hybridized carbons (Fsp3) is 0.350. The number of rotatable bonds is 9. The number of amides is 1. The third kappa shape index (κ3) is 5.88. The molecule has 0 spiro atoms. The topological polar surface area (TPSA) is 84.9 Å². The van der Waals surface area contributed by atoms with Crippen molar-refractivity contribution in [2.45, 2.75) is 13.8 Å². The maximum absolute atomic E-state index is 12.3. The van der Waals surface area contributed by atoms with Crippen molar-refractivity contribution in [3.63, 3.8) is 0 Å². The van der Waals surface area contributed by atoms with Gasteiger partial charge in [-0.2, -0.15) is 0 Å². The molecule has 1 amide bonds. The van der Waals surface area contributed by atoms with Gasteiger partial charge in [0.25, 0.3) is 0 Å². The Morgan fingerprint density at radius 2 is 1.86 bits per heavy atom. The molecular formula is C20H26N2O5S. The normalized spacial score (nSPS) is 11.0. The molecule has 0 aromatic heterocycles. The number of nitrogens with zero attached hydrogens (tertiary/aromatic N) is 1. The van der Waals surface area contributed by atoms with Gasteiger partial charge >= 0.3 is 0 Å². The lowest BCUT2D eigenvalue weighted by Gasteiger charge is -2.22. The number of carbonyl (C=O) groups is 1. The number of sulfonamides is 1. The van der Waals surface area contributed by atoms with Crippen LogP contribution in [0.25, 0.3) is 0 Å². The SMILES string of the molecule is COc1cccc(N(CC(=O)NCCOc2cccc(C)c2C)S(C)(=O)=O)c1. The van der Waals surface area contributed by atoms with E-state index in [9.17, 15) is 13.2 Å². The predicted octanol–water partition coefficient (Wildman–Crippen LogP) is 2.27. The summed E-state index contributed by atoms with van der Waals surface area (Å²) >= 11 is 0. The molecule has 1 N–H and O–H groups in total. The molecule has 0 radical (unpaired) electrons. The highest BCUT2D eigenvalue weighted by atomic mass is 32.2. The van der Waals surface area contributed by atoms with E-state index in [-0.39, 0.29) is 19.7 Å². The molecule has 0 fully saturated rings. The van der Waals surface area contributed by atoms with Gasteiger partial charge in [-0.3, -0.25) is 9.10 Å². The molecule has 0 saturated heterocycles. The zero-order valence-electron chi connectivity index (χ0n) is 16.6. The number of nitrogens with one attached hydrogen (secondary N) is 1. The van der Waals surface area contributed by atoms with Crippen molar-refractivity contribution in [1.82, 2.24) is 5.32 Å². The Labute approximate surface area is 166 Å². The molecular weight excluding hydrogens is 380 g/mol. The average molecular weight is 407 g/mol. The molecule has 2 rings (SSSR count). The summed E-state index contributed by atoms with van der Waals surface area (Å²) in [6.45, 7) is 4.20. The van der Waals surface area contributed by atoms with E-state index in [0.29, 0.717) is 11.4 Å². The highest BCUT2D eigenvalue weighted by Gasteiger charge is 2.21. The van der Waals surface area contributed by atoms with Crippen LogP contribution in [0.15, 0.2) is 42.5 Å². The summed E-state index contributed by atoms with van der Waals surface area (Å²) in [6.07, 6.45) is 1.06. The summed E-state index contributed by atoms with van der Waals surface area (Å²) in [5.41, 5.74) is 2.54. The number of anilines is 1. The van der Waals surface area contributed by atoms with Gasteiger partial charge in [0.05, 0.1) is 25.6 Å². The monoisotopic (exact) mass is 406 g/mol. The molecule has 0 unspecified atom stereocenters. The van der Waals surface area contributed by atoms with E-state index in [4.69, 9.17) is 9.47 Å². The molecule has 8 heteroatoms. The first kappa shape index (κ1) is 21.6. The van der Waals surface area contributed by atoms with Gasteiger partial charge in [0.15, 0.2) is 0 Å². The summed E-state index contributed by atoms with van der Waals surface area (Å²) in [4.78, 5) is 12.3. The van der Waals surface area contributed by atoms with Crippen molar-refractivity contribution in [2.75, 3.05) is 37.4 Å². The van der Waals surface area contributed by atoms with E-state index in [1.165, 1.54) is 7.11 Å². The Kier molecular flexibility index (Phi) is 7.28. The van der Waals surface area contributed by atoms with Crippen molar-refractivity contribution in [3.8, 4) is 11.5 Å². The summed E-state index contributed by atoms with van der Waals surface area (Å²) in [5.74, 6) is 0.856. The number of ether oxygens (including phenoxy) is 2. The first-order chi connectivity index (χ1) is 13.2. The Bertz CT molecular complexity index is 928. The molecule has 28 heavy (non-hydrogen) atoms. The second-order valence-electron chi connectivity index (χ2n) is 6.37. The zero-order valence-corrected chi connectivity index (χ0v) is 17.4. The van der Waals surface area contributed by atoms with E-state index >= 15 is 0 Å². The maximum Gasteiger partial charge on any atom is 0.240 e. The highest BCUT2D eigenvalue weighted by Crippen LogP contribution is 2.23. The number of aryl methyl sites for hydroxylation is 1. The van der Waals surface area contributed by atoms with E-state index in [0.717, 1.165) is 27.4 Å². The predicted molar refractivity (Wildman–Crippen MR) is 110 cm³/mol. The molecule has 0 saturated carbocycles. The van der Waals surface area contributed by atoms with Crippen molar-refractivity contribution in [3.05, 3.63) is 53.6 Å². The molecule has 0 aliphatic rings. The fourth-order valence-corrected chi connectivity index (χ4v) is 3.43. The quantitative estimate of drug-likeness (QED) is 0.646. The van der Waals surface area contributed by atoms with Crippen LogP contribution in [-0.2, 0) is 14.8 Å². The van der Waals surface area contributed by atoms with Gasteiger partial charge in [-0.25, -0.2) is 8.42 Å². The number of hydrogen-bond donors (Lipinski definition) is 1. The number of benzene rings is 2. The molecule has 152 valence electrons. The van der Waals surface area contributed by atoms with E-state index in [2.05, 4.69) is 5.32 Å². The van der Waals surface area contributed by atoms with Gasteiger partial charge in [-0.15, -0.1) is 0 Å². The van der Waals surface area contributed by atoms with Crippen LogP contribution in [0.1, 0.15) is 11.1 Å². The Morgan fingerprint density at radius 3 is 2.54 bits per heavy atom. The van der Waals surface area contributed by atoms with E-state index < -0.39 is 15.9 Å². The molecule has 0 bridgehead atoms. The largest absolute Gasteiger partial charge is 0.497 e. The summed E-state index contributed by atoms with van der Waals surface area (Å²) in [7, 11) is -2.14. The first-order valence-electron chi connectivity index (χ1n) is 8.80. The van der Waals surface area contributed by atoms with Crippen molar-refractivity contribution < 1.29 is 22.7 Å². The molecule has 2 aromatic rings. The van der Waals surface area contributed by atoms with Crippen molar-refractivity contribution in [1.29, 1.82) is 0 Å². The molecule has 7 nitrogen and oxygen atoms in total. The Hall–Kier alpha value is -2.74. The van der Waals surface area contributed by atoms with Crippen LogP contribution in [0.3, 0.4) is 0 Å². The van der Waals surface area contributed by atoms with Gasteiger partial charge in [-0.05, 0) is 43.2 Å². The van der Waals surface area contributed by atoms with E-state index in [1.54, 1.807) is 24.3 Å². The molecule has 0 aliphatic carbocycles. The summed E-state index contributed by atoms with van der Waals surface area (Å²) in [5, 5.41) is 2.69. The van der Waals surface area contributed by atoms with Crippen LogP contribution in [-0.4, -0.2) is 47.4 Å². The fourth-order valence-electron chi connectivity index (χ4n) is 2.58. The van der Waals surface area contributed by atoms with Crippen LogP contribution >= 0.6 is 0 Å². The minimum atomic E-state index is -3.64. The first-order valence-corrected chi connectivity index (χ1v) is 10.6. The van der Waals surface area contributed by atoms with Crippen LogP contribution < -0.4 is 19.1 Å². The minimum absolute atomic E-state index is 0.266. The Balaban J connectivity index is 1.94. The molecule has 0 heterocycles. The third-order valence-electron chi connectivity index (χ3n) is 4.27. The van der Waals surface area contributed by atoms with Crippen LogP contribution in [0.5, 0.6) is 11.5 Å². The van der Waals surface area contributed by atoms with Gasteiger partial charge in [0.2, 0.25) is 15.9 Å². The average Bonchev–Trinajstić information content (AvgIpc) is 2.65. The van der Waals surface area contributed by atoms with Crippen LogP contribution in [0.4, 0.5) is 5.69 Å². The van der Waals surface area contributed by atoms with Gasteiger partial charge < -0.3 is 14.8 Å². The number of methoxy groups -OCH3 is 1. The summed E-state index contributed by atoms with van der Waals surface area (Å²) < 4.78 is 36.1. The van der Waals surface area contributed by atoms with Gasteiger partial charge in [0, 0.05) is 6.07 Å². The van der Waals surface area contributed by atoms with Gasteiger partial charge in [-0.1, -0.05) is 18.2 Å². The second-order valence-corrected chi connectivity index (χ2v) is 8.27. The van der Waals surface area contributed by atoms with Crippen LogP contribution in [0, 0.1) is 13.8 Å². The van der Waals surface area contributed by atoms with E-state index in [1.807, 2.05) is 32.0 Å². The Morgan fingerprint density at radius 1 is 1.14 bits per heavy atom. The van der Waals surface area contributed by atoms with Gasteiger partial charge in [0.1, 0.15) is 24.7 Å². The lowest BCUT2D eigenvalue weighted by Crippen LogP contribution is -2.41. The smallest absolute Gasteiger partial charge is 0.240 e. The van der Waals surface area contributed by atoms with Crippen molar-refractivity contribution in [2.24, 2.45) is 0 Å². The zero-order chi connectivity index (χ0) is 20.7. The lowest BCUT2D eigenvalue weighted by molar-refractivity contribution is -0.119. The number of hydrogen-bond acceptors (Lipinski definition) is 5. The third-order valence-corrected chi connectivity index (χ3v) is 5.41. The lowest BCUT2D eigenvalue weighted by atomic mass is 10.1. The van der Waals surface area contributed by atoms with Crippen molar-refractivity contribution >= 4 is 21.6 Å². The minimum Gasteiger partial charge on any atom is -0.497 e. The summed E-state index contributed by atoms with van der Waals surface area (Å²) in [6, 6.07) is 12.3. The molecule has 0 atom stereocenters. The molecule has 2 aromatic carbocycles. The second kappa shape index (κ2) is 9.45. The number of carbonyl (C=O) groups excluding carboxylic acids is 1. The highest BCUT2D eigenvalue weighted by molar-refractivity contribution is 7.92.